The fraction of sp³-hybridized carbons (Fsp3) is 0.727. The molecule has 3 heteroatoms. The molecule has 1 aromatic carbocycles. The van der Waals surface area contributed by atoms with E-state index < -0.39 is 11.7 Å². The van der Waals surface area contributed by atoms with Gasteiger partial charge in [0.15, 0.2) is 0 Å². The lowest BCUT2D eigenvalue weighted by Crippen LogP contribution is -2.24. The van der Waals surface area contributed by atoms with Gasteiger partial charge in [0.1, 0.15) is 0 Å². The fourth-order valence-corrected chi connectivity index (χ4v) is 3.29. The van der Waals surface area contributed by atoms with Crippen molar-refractivity contribution in [3.63, 3.8) is 0 Å². The molecule has 1 aliphatic carbocycles. The molecule has 0 bridgehead atoms. The van der Waals surface area contributed by atoms with Crippen LogP contribution in [0.2, 0.25) is 0 Å². The zero-order valence-electron chi connectivity index (χ0n) is 16.9. The van der Waals surface area contributed by atoms with Gasteiger partial charge in [0.25, 0.3) is 0 Å². The van der Waals surface area contributed by atoms with E-state index in [9.17, 15) is 13.2 Å². The molecular formula is C22H35F3. The molecule has 0 unspecified atom stereocenters. The topological polar surface area (TPSA) is 0 Å². The monoisotopic (exact) mass is 356 g/mol. The number of benzene rings is 1. The van der Waals surface area contributed by atoms with Crippen molar-refractivity contribution in [3.05, 3.63) is 35.4 Å². The van der Waals surface area contributed by atoms with Gasteiger partial charge in [-0.15, -0.1) is 0 Å². The van der Waals surface area contributed by atoms with Gasteiger partial charge in [0, 0.05) is 0 Å². The Labute approximate surface area is 152 Å². The maximum absolute atomic E-state index is 12.2. The number of rotatable bonds is 0. The van der Waals surface area contributed by atoms with Gasteiger partial charge in [-0.05, 0) is 53.2 Å². The molecular weight excluding hydrogens is 321 g/mol. The number of halogens is 3. The average molecular weight is 357 g/mol. The summed E-state index contributed by atoms with van der Waals surface area (Å²) in [6, 6.07) is 5.31. The zero-order chi connectivity index (χ0) is 19.5. The lowest BCUT2D eigenvalue weighted by Gasteiger charge is -2.35. The molecule has 0 radical (unpaired) electrons. The quantitative estimate of drug-likeness (QED) is 0.444. The summed E-state index contributed by atoms with van der Waals surface area (Å²) in [6.07, 6.45) is 1.61. The van der Waals surface area contributed by atoms with Crippen molar-refractivity contribution in [3.8, 4) is 0 Å². The number of alkyl halides is 3. The van der Waals surface area contributed by atoms with Crippen molar-refractivity contribution in [2.75, 3.05) is 0 Å². The van der Waals surface area contributed by atoms with E-state index >= 15 is 0 Å². The van der Waals surface area contributed by atoms with Gasteiger partial charge in [-0.3, -0.25) is 0 Å². The van der Waals surface area contributed by atoms with Crippen molar-refractivity contribution in [1.82, 2.24) is 0 Å². The maximum Gasteiger partial charge on any atom is 0.416 e. The Morgan fingerprint density at radius 3 is 1.44 bits per heavy atom. The van der Waals surface area contributed by atoms with Crippen LogP contribution in [0.15, 0.2) is 24.3 Å². The highest BCUT2D eigenvalue weighted by Gasteiger charge is 2.30. The van der Waals surface area contributed by atoms with E-state index in [1.165, 1.54) is 37.8 Å². The predicted octanol–water partition coefficient (Wildman–Crippen LogP) is 7.86. The van der Waals surface area contributed by atoms with Gasteiger partial charge >= 0.3 is 6.18 Å². The van der Waals surface area contributed by atoms with Gasteiger partial charge in [-0.1, -0.05) is 73.4 Å². The van der Waals surface area contributed by atoms with Crippen LogP contribution >= 0.6 is 0 Å². The molecule has 0 spiro atoms. The Kier molecular flexibility index (Phi) is 7.18. The molecule has 0 aliphatic heterocycles. The van der Waals surface area contributed by atoms with E-state index in [0.29, 0.717) is 5.41 Å². The summed E-state index contributed by atoms with van der Waals surface area (Å²) in [5.41, 5.74) is 0.764. The third-order valence-corrected chi connectivity index (χ3v) is 5.32. The molecule has 0 N–H and O–H groups in total. The Balaban J connectivity index is 0.000000257. The Bertz CT molecular complexity index is 471. The summed E-state index contributed by atoms with van der Waals surface area (Å²) in [4.78, 5) is 0. The van der Waals surface area contributed by atoms with Crippen LogP contribution in [-0.2, 0) is 11.6 Å². The minimum absolute atomic E-state index is 0.107. The van der Waals surface area contributed by atoms with Gasteiger partial charge in [0.05, 0.1) is 5.56 Å². The molecule has 2 rings (SSSR count). The lowest BCUT2D eigenvalue weighted by molar-refractivity contribution is -0.137. The highest BCUT2D eigenvalue weighted by atomic mass is 19.4. The third-order valence-electron chi connectivity index (χ3n) is 5.32. The van der Waals surface area contributed by atoms with Crippen LogP contribution < -0.4 is 0 Å². The van der Waals surface area contributed by atoms with Crippen LogP contribution in [0, 0.1) is 17.3 Å². The summed E-state index contributed by atoms with van der Waals surface area (Å²) in [7, 11) is 0. The second-order valence-corrected chi connectivity index (χ2v) is 9.65. The van der Waals surface area contributed by atoms with Gasteiger partial charge < -0.3 is 0 Å². The second-order valence-electron chi connectivity index (χ2n) is 9.65. The molecule has 1 aromatic rings. The highest BCUT2D eigenvalue weighted by Crippen LogP contribution is 2.39. The summed E-state index contributed by atoms with van der Waals surface area (Å²) >= 11 is 0. The molecule has 144 valence electrons. The fourth-order valence-electron chi connectivity index (χ4n) is 3.29. The SMILES string of the molecule is CC(C)(C)c1ccc(C(F)(F)F)cc1.CC1CCC(C(C)(C)C)CC1. The van der Waals surface area contributed by atoms with E-state index in [1.807, 2.05) is 20.8 Å². The van der Waals surface area contributed by atoms with Crippen LogP contribution in [0.25, 0.3) is 0 Å². The largest absolute Gasteiger partial charge is 0.416 e. The molecule has 1 aliphatic rings. The van der Waals surface area contributed by atoms with Gasteiger partial charge in [-0.25, -0.2) is 0 Å². The molecule has 0 nitrogen and oxygen atoms in total. The first-order valence-corrected chi connectivity index (χ1v) is 9.39. The van der Waals surface area contributed by atoms with Crippen LogP contribution in [0.5, 0.6) is 0 Å². The first-order valence-electron chi connectivity index (χ1n) is 9.39. The van der Waals surface area contributed by atoms with Crippen molar-refractivity contribution < 1.29 is 13.2 Å². The van der Waals surface area contributed by atoms with Crippen molar-refractivity contribution >= 4 is 0 Å². The van der Waals surface area contributed by atoms with Crippen LogP contribution in [0.1, 0.15) is 85.3 Å². The molecule has 25 heavy (non-hydrogen) atoms. The smallest absolute Gasteiger partial charge is 0.166 e. The first kappa shape index (κ1) is 22.1. The summed E-state index contributed by atoms with van der Waals surface area (Å²) in [5.74, 6) is 1.98. The van der Waals surface area contributed by atoms with Gasteiger partial charge in [-0.2, -0.15) is 13.2 Å². The van der Waals surface area contributed by atoms with Gasteiger partial charge in [0.2, 0.25) is 0 Å². The average Bonchev–Trinajstić information content (AvgIpc) is 2.46. The van der Waals surface area contributed by atoms with Crippen LogP contribution in [0.4, 0.5) is 13.2 Å². The predicted molar refractivity (Wildman–Crippen MR) is 101 cm³/mol. The van der Waals surface area contributed by atoms with Crippen molar-refractivity contribution in [1.29, 1.82) is 0 Å². The third kappa shape index (κ3) is 7.42. The van der Waals surface area contributed by atoms with Crippen molar-refractivity contribution in [2.24, 2.45) is 17.3 Å². The van der Waals surface area contributed by atoms with E-state index in [1.54, 1.807) is 0 Å². The standard InChI is InChI=1S/C11H13F3.C11H22/c1-10(2,3)8-4-6-9(7-5-8)11(12,13)14;1-9-5-7-10(8-6-9)11(2,3)4/h4-7H,1-3H3;9-10H,5-8H2,1-4H3. The van der Waals surface area contributed by atoms with Crippen LogP contribution in [-0.4, -0.2) is 0 Å². The normalized spacial score (nSPS) is 22.2. The molecule has 0 aromatic heterocycles. The van der Waals surface area contributed by atoms with E-state index in [-0.39, 0.29) is 5.41 Å². The Morgan fingerprint density at radius 1 is 0.720 bits per heavy atom. The summed E-state index contributed by atoms with van der Waals surface area (Å²) in [6.45, 7) is 15.4. The van der Waals surface area contributed by atoms with Crippen LogP contribution in [0.3, 0.4) is 0 Å². The van der Waals surface area contributed by atoms with E-state index in [0.717, 1.165) is 29.5 Å². The molecule has 0 amide bonds. The maximum atomic E-state index is 12.2. The first-order chi connectivity index (χ1) is 11.2. The molecule has 1 fully saturated rings. The lowest BCUT2D eigenvalue weighted by atomic mass is 9.70. The number of hydrogen-bond donors (Lipinski definition) is 0. The Morgan fingerprint density at radius 2 is 1.12 bits per heavy atom. The van der Waals surface area contributed by atoms with E-state index in [4.69, 9.17) is 0 Å². The molecule has 0 heterocycles. The van der Waals surface area contributed by atoms with E-state index in [2.05, 4.69) is 27.7 Å². The molecule has 0 saturated heterocycles. The zero-order valence-corrected chi connectivity index (χ0v) is 16.9. The summed E-state index contributed by atoms with van der Waals surface area (Å²) in [5, 5.41) is 0. The van der Waals surface area contributed by atoms with Crippen molar-refractivity contribution in [2.45, 2.75) is 85.7 Å². The summed E-state index contributed by atoms with van der Waals surface area (Å²) < 4.78 is 36.6. The Hall–Kier alpha value is -0.990. The minimum atomic E-state index is -4.24. The molecule has 1 saturated carbocycles. The second kappa shape index (κ2) is 8.14. The highest BCUT2D eigenvalue weighted by molar-refractivity contribution is 5.28. The number of hydrogen-bond acceptors (Lipinski definition) is 0. The molecule has 0 atom stereocenters. The minimum Gasteiger partial charge on any atom is -0.166 e.